The molecule has 0 saturated heterocycles. The van der Waals surface area contributed by atoms with Crippen LogP contribution in [-0.4, -0.2) is 25.5 Å². The van der Waals surface area contributed by atoms with Crippen LogP contribution in [0, 0.1) is 0 Å². The molecule has 3 aromatic heterocycles. The second-order valence-corrected chi connectivity index (χ2v) is 3.66. The van der Waals surface area contributed by atoms with Crippen molar-refractivity contribution in [2.45, 2.75) is 0 Å². The van der Waals surface area contributed by atoms with E-state index in [0.717, 1.165) is 0 Å². The Bertz CT molecular complexity index is 692. The van der Waals surface area contributed by atoms with Gasteiger partial charge in [-0.25, -0.2) is 4.52 Å². The van der Waals surface area contributed by atoms with Crippen LogP contribution in [0.1, 0.15) is 10.4 Å². The molecule has 0 saturated carbocycles. The van der Waals surface area contributed by atoms with Gasteiger partial charge in [0.25, 0.3) is 5.91 Å². The summed E-state index contributed by atoms with van der Waals surface area (Å²) in [5, 5.41) is 6.84. The lowest BCUT2D eigenvalue weighted by Crippen LogP contribution is -2.11. The molecule has 0 bridgehead atoms. The smallest absolute Gasteiger partial charge is 0.259 e. The van der Waals surface area contributed by atoms with Crippen molar-refractivity contribution in [1.82, 2.24) is 19.6 Å². The minimum Gasteiger partial charge on any atom is -0.320 e. The molecule has 0 spiro atoms. The van der Waals surface area contributed by atoms with Gasteiger partial charge in [0, 0.05) is 18.6 Å². The Kier molecular flexibility index (Phi) is 2.45. The number of pyridine rings is 1. The minimum atomic E-state index is -0.231. The summed E-state index contributed by atoms with van der Waals surface area (Å²) >= 11 is 0. The van der Waals surface area contributed by atoms with Crippen molar-refractivity contribution in [3.05, 3.63) is 54.9 Å². The Morgan fingerprint density at radius 3 is 2.89 bits per heavy atom. The first-order chi connectivity index (χ1) is 8.84. The van der Waals surface area contributed by atoms with Gasteiger partial charge in [-0.1, -0.05) is 0 Å². The average Bonchev–Trinajstić information content (AvgIpc) is 2.84. The fourth-order valence-electron chi connectivity index (χ4n) is 1.64. The number of hydrogen-bond acceptors (Lipinski definition) is 4. The molecule has 3 aromatic rings. The molecule has 0 aliphatic heterocycles. The van der Waals surface area contributed by atoms with Gasteiger partial charge in [0.05, 0.1) is 35.4 Å². The maximum atomic E-state index is 12.1. The lowest BCUT2D eigenvalue weighted by Gasteiger charge is -2.02. The fourth-order valence-corrected chi connectivity index (χ4v) is 1.64. The Balaban J connectivity index is 1.93. The van der Waals surface area contributed by atoms with E-state index >= 15 is 0 Å². The van der Waals surface area contributed by atoms with Crippen molar-refractivity contribution in [1.29, 1.82) is 0 Å². The number of carbonyl (C=O) groups is 1. The number of rotatable bonds is 2. The summed E-state index contributed by atoms with van der Waals surface area (Å²) in [6, 6.07) is 3.53. The van der Waals surface area contributed by atoms with Crippen LogP contribution in [0.25, 0.3) is 5.52 Å². The van der Waals surface area contributed by atoms with E-state index in [-0.39, 0.29) is 5.91 Å². The van der Waals surface area contributed by atoms with Gasteiger partial charge in [0.2, 0.25) is 0 Å². The number of amides is 1. The lowest BCUT2D eigenvalue weighted by molar-refractivity contribution is 0.102. The third kappa shape index (κ3) is 1.80. The number of nitrogens with one attached hydrogen (secondary N) is 1. The molecule has 0 fully saturated rings. The highest BCUT2D eigenvalue weighted by Crippen LogP contribution is 2.11. The summed E-state index contributed by atoms with van der Waals surface area (Å²) in [4.78, 5) is 20.0. The molecule has 0 radical (unpaired) electrons. The molecule has 0 atom stereocenters. The highest BCUT2D eigenvalue weighted by molar-refractivity contribution is 6.08. The van der Waals surface area contributed by atoms with E-state index in [0.29, 0.717) is 16.8 Å². The SMILES string of the molecule is O=C(Nc1cccnc1)c1cnn2ccncc12. The monoisotopic (exact) mass is 239 g/mol. The molecule has 1 N–H and O–H groups in total. The van der Waals surface area contributed by atoms with E-state index in [9.17, 15) is 4.79 Å². The maximum Gasteiger partial charge on any atom is 0.259 e. The zero-order valence-electron chi connectivity index (χ0n) is 9.32. The molecular weight excluding hydrogens is 230 g/mol. The Hall–Kier alpha value is -2.76. The molecule has 1 amide bonds. The largest absolute Gasteiger partial charge is 0.320 e. The van der Waals surface area contributed by atoms with Gasteiger partial charge in [0.1, 0.15) is 0 Å². The van der Waals surface area contributed by atoms with Gasteiger partial charge < -0.3 is 5.32 Å². The molecule has 6 nitrogen and oxygen atoms in total. The van der Waals surface area contributed by atoms with Crippen LogP contribution in [0.15, 0.2) is 49.3 Å². The molecule has 0 aliphatic carbocycles. The zero-order valence-corrected chi connectivity index (χ0v) is 9.32. The van der Waals surface area contributed by atoms with E-state index in [1.807, 2.05) is 0 Å². The number of carbonyl (C=O) groups excluding carboxylic acids is 1. The van der Waals surface area contributed by atoms with Crippen molar-refractivity contribution >= 4 is 17.1 Å². The van der Waals surface area contributed by atoms with Crippen molar-refractivity contribution in [3.8, 4) is 0 Å². The van der Waals surface area contributed by atoms with Gasteiger partial charge in [-0.3, -0.25) is 14.8 Å². The molecule has 0 aliphatic rings. The fraction of sp³-hybridized carbons (Fsp3) is 0. The molecule has 0 aromatic carbocycles. The van der Waals surface area contributed by atoms with Crippen LogP contribution in [-0.2, 0) is 0 Å². The van der Waals surface area contributed by atoms with Crippen LogP contribution in [0.4, 0.5) is 5.69 Å². The molecule has 3 rings (SSSR count). The Morgan fingerprint density at radius 1 is 1.17 bits per heavy atom. The number of nitrogens with zero attached hydrogens (tertiary/aromatic N) is 4. The zero-order chi connectivity index (χ0) is 12.4. The van der Waals surface area contributed by atoms with Gasteiger partial charge >= 0.3 is 0 Å². The molecular formula is C12H9N5O. The number of hydrogen-bond donors (Lipinski definition) is 1. The van der Waals surface area contributed by atoms with E-state index in [1.165, 1.54) is 6.20 Å². The summed E-state index contributed by atoms with van der Waals surface area (Å²) in [5.41, 5.74) is 1.79. The summed E-state index contributed by atoms with van der Waals surface area (Å²) < 4.78 is 1.60. The summed E-state index contributed by atoms with van der Waals surface area (Å²) in [7, 11) is 0. The first-order valence-electron chi connectivity index (χ1n) is 5.33. The van der Waals surface area contributed by atoms with Crippen LogP contribution >= 0.6 is 0 Å². The van der Waals surface area contributed by atoms with E-state index in [4.69, 9.17) is 0 Å². The number of aromatic nitrogens is 4. The number of anilines is 1. The van der Waals surface area contributed by atoms with Crippen LogP contribution in [0.5, 0.6) is 0 Å². The molecule has 6 heteroatoms. The minimum absolute atomic E-state index is 0.231. The predicted molar refractivity (Wildman–Crippen MR) is 65.2 cm³/mol. The second kappa shape index (κ2) is 4.25. The van der Waals surface area contributed by atoms with Crippen molar-refractivity contribution in [2.24, 2.45) is 0 Å². The topological polar surface area (TPSA) is 72.2 Å². The first-order valence-corrected chi connectivity index (χ1v) is 5.33. The average molecular weight is 239 g/mol. The highest BCUT2D eigenvalue weighted by Gasteiger charge is 2.12. The van der Waals surface area contributed by atoms with Crippen LogP contribution in [0.2, 0.25) is 0 Å². The van der Waals surface area contributed by atoms with E-state index in [1.54, 1.807) is 47.6 Å². The van der Waals surface area contributed by atoms with Gasteiger partial charge in [-0.05, 0) is 12.1 Å². The lowest BCUT2D eigenvalue weighted by atomic mass is 10.2. The third-order valence-corrected chi connectivity index (χ3v) is 2.49. The quantitative estimate of drug-likeness (QED) is 0.733. The maximum absolute atomic E-state index is 12.1. The second-order valence-electron chi connectivity index (χ2n) is 3.66. The van der Waals surface area contributed by atoms with E-state index < -0.39 is 0 Å². The summed E-state index contributed by atoms with van der Waals surface area (Å²) in [6.45, 7) is 0. The third-order valence-electron chi connectivity index (χ3n) is 2.49. The normalized spacial score (nSPS) is 10.4. The number of fused-ring (bicyclic) bond motifs is 1. The molecule has 3 heterocycles. The van der Waals surface area contributed by atoms with Gasteiger partial charge in [-0.15, -0.1) is 0 Å². The first kappa shape index (κ1) is 10.4. The van der Waals surface area contributed by atoms with Crippen LogP contribution in [0.3, 0.4) is 0 Å². The standard InChI is InChI=1S/C12H9N5O/c18-12(16-9-2-1-3-13-6-9)10-7-15-17-5-4-14-8-11(10)17/h1-8H,(H,16,18). The van der Waals surface area contributed by atoms with Crippen molar-refractivity contribution in [2.75, 3.05) is 5.32 Å². The summed E-state index contributed by atoms with van der Waals surface area (Å²) in [6.07, 6.45) is 9.66. The van der Waals surface area contributed by atoms with Gasteiger partial charge in [-0.2, -0.15) is 5.10 Å². The van der Waals surface area contributed by atoms with Crippen molar-refractivity contribution < 1.29 is 4.79 Å². The van der Waals surface area contributed by atoms with Crippen molar-refractivity contribution in [3.63, 3.8) is 0 Å². The Morgan fingerprint density at radius 2 is 2.06 bits per heavy atom. The van der Waals surface area contributed by atoms with Gasteiger partial charge in [0.15, 0.2) is 0 Å². The highest BCUT2D eigenvalue weighted by atomic mass is 16.1. The van der Waals surface area contributed by atoms with Crippen LogP contribution < -0.4 is 5.32 Å². The summed E-state index contributed by atoms with van der Waals surface area (Å²) in [5.74, 6) is -0.231. The predicted octanol–water partition coefficient (Wildman–Crippen LogP) is 1.38. The molecule has 18 heavy (non-hydrogen) atoms. The van der Waals surface area contributed by atoms with E-state index in [2.05, 4.69) is 20.4 Å². The molecule has 88 valence electrons. The Labute approximate surface area is 102 Å². The molecule has 0 unspecified atom stereocenters.